The summed E-state index contributed by atoms with van der Waals surface area (Å²) in [5.74, 6) is 2.41. The smallest absolute Gasteiger partial charge is 0.258 e. The number of rotatable bonds is 9. The SMILES string of the molecule is O=C(COc1ccccc1)NCCNc1ccc(Nc2ccccn2)nn1. The van der Waals surface area contributed by atoms with Crippen LogP contribution in [0.2, 0.25) is 0 Å². The lowest BCUT2D eigenvalue weighted by Gasteiger charge is -2.09. The Kier molecular flexibility index (Phi) is 6.52. The molecule has 1 amide bonds. The lowest BCUT2D eigenvalue weighted by Crippen LogP contribution is -2.32. The van der Waals surface area contributed by atoms with E-state index >= 15 is 0 Å². The molecule has 0 saturated carbocycles. The van der Waals surface area contributed by atoms with Crippen LogP contribution >= 0.6 is 0 Å². The van der Waals surface area contributed by atoms with Crippen molar-refractivity contribution in [2.75, 3.05) is 30.3 Å². The topological polar surface area (TPSA) is 101 Å². The maximum absolute atomic E-state index is 11.7. The molecule has 8 nitrogen and oxygen atoms in total. The molecular formula is C19H20N6O2. The average molecular weight is 364 g/mol. The van der Waals surface area contributed by atoms with Gasteiger partial charge in [-0.25, -0.2) is 4.98 Å². The Morgan fingerprint density at radius 3 is 2.37 bits per heavy atom. The molecular weight excluding hydrogens is 344 g/mol. The second-order valence-electron chi connectivity index (χ2n) is 5.52. The molecule has 27 heavy (non-hydrogen) atoms. The zero-order chi connectivity index (χ0) is 18.7. The van der Waals surface area contributed by atoms with Crippen molar-refractivity contribution in [2.45, 2.75) is 0 Å². The molecule has 0 unspecified atom stereocenters. The summed E-state index contributed by atoms with van der Waals surface area (Å²) in [6, 6.07) is 18.4. The molecule has 138 valence electrons. The second kappa shape index (κ2) is 9.71. The fourth-order valence-electron chi connectivity index (χ4n) is 2.17. The molecule has 0 bridgehead atoms. The van der Waals surface area contributed by atoms with E-state index in [1.807, 2.05) is 36.4 Å². The van der Waals surface area contributed by atoms with Crippen LogP contribution in [0.3, 0.4) is 0 Å². The number of anilines is 3. The molecule has 2 aromatic heterocycles. The van der Waals surface area contributed by atoms with Crippen LogP contribution in [0.1, 0.15) is 0 Å². The van der Waals surface area contributed by atoms with E-state index in [0.29, 0.717) is 36.3 Å². The van der Waals surface area contributed by atoms with Crippen molar-refractivity contribution in [3.63, 3.8) is 0 Å². The van der Waals surface area contributed by atoms with Crippen LogP contribution in [0.25, 0.3) is 0 Å². The van der Waals surface area contributed by atoms with E-state index in [0.717, 1.165) is 0 Å². The van der Waals surface area contributed by atoms with E-state index in [-0.39, 0.29) is 12.5 Å². The summed E-state index contributed by atoms with van der Waals surface area (Å²) in [4.78, 5) is 15.9. The molecule has 0 aliphatic carbocycles. The van der Waals surface area contributed by atoms with Crippen molar-refractivity contribution in [3.8, 4) is 5.75 Å². The first-order valence-electron chi connectivity index (χ1n) is 8.50. The van der Waals surface area contributed by atoms with E-state index < -0.39 is 0 Å². The van der Waals surface area contributed by atoms with Crippen LogP contribution in [0.5, 0.6) is 5.75 Å². The van der Waals surface area contributed by atoms with E-state index in [2.05, 4.69) is 31.1 Å². The van der Waals surface area contributed by atoms with E-state index in [9.17, 15) is 4.79 Å². The minimum Gasteiger partial charge on any atom is -0.484 e. The summed E-state index contributed by atoms with van der Waals surface area (Å²) < 4.78 is 5.38. The molecule has 0 saturated heterocycles. The van der Waals surface area contributed by atoms with E-state index in [1.54, 1.807) is 30.5 Å². The molecule has 0 spiro atoms. The Labute approximate surface area is 157 Å². The number of nitrogens with one attached hydrogen (secondary N) is 3. The molecule has 0 atom stereocenters. The van der Waals surface area contributed by atoms with Crippen molar-refractivity contribution in [1.29, 1.82) is 0 Å². The number of carbonyl (C=O) groups excluding carboxylic acids is 1. The van der Waals surface area contributed by atoms with Gasteiger partial charge in [0.15, 0.2) is 12.4 Å². The lowest BCUT2D eigenvalue weighted by atomic mass is 10.3. The zero-order valence-electron chi connectivity index (χ0n) is 14.6. The summed E-state index contributed by atoms with van der Waals surface area (Å²) in [6.45, 7) is 0.961. The Bertz CT molecular complexity index is 828. The third kappa shape index (κ3) is 6.28. The van der Waals surface area contributed by atoms with Crippen molar-refractivity contribution in [3.05, 3.63) is 66.9 Å². The Morgan fingerprint density at radius 2 is 1.63 bits per heavy atom. The van der Waals surface area contributed by atoms with Gasteiger partial charge in [0.05, 0.1) is 0 Å². The monoisotopic (exact) mass is 364 g/mol. The molecule has 0 aliphatic heterocycles. The minimum atomic E-state index is -0.179. The normalized spacial score (nSPS) is 10.1. The van der Waals surface area contributed by atoms with Gasteiger partial charge in [0.1, 0.15) is 17.4 Å². The number of para-hydroxylation sites is 1. The van der Waals surface area contributed by atoms with Gasteiger partial charge in [-0.1, -0.05) is 24.3 Å². The number of hydrogen-bond acceptors (Lipinski definition) is 7. The van der Waals surface area contributed by atoms with Gasteiger partial charge in [-0.3, -0.25) is 4.79 Å². The number of nitrogens with zero attached hydrogens (tertiary/aromatic N) is 3. The summed E-state index contributed by atoms with van der Waals surface area (Å²) in [5.41, 5.74) is 0. The first-order valence-corrected chi connectivity index (χ1v) is 8.50. The Hall–Kier alpha value is -3.68. The third-order valence-electron chi connectivity index (χ3n) is 3.45. The van der Waals surface area contributed by atoms with Gasteiger partial charge in [0.25, 0.3) is 5.91 Å². The van der Waals surface area contributed by atoms with Gasteiger partial charge >= 0.3 is 0 Å². The highest BCUT2D eigenvalue weighted by molar-refractivity contribution is 5.77. The Balaban J connectivity index is 1.33. The molecule has 2 heterocycles. The van der Waals surface area contributed by atoms with Crippen molar-refractivity contribution in [2.24, 2.45) is 0 Å². The predicted molar refractivity (Wildman–Crippen MR) is 103 cm³/mol. The maximum atomic E-state index is 11.7. The first-order chi connectivity index (χ1) is 13.3. The minimum absolute atomic E-state index is 0.0162. The second-order valence-corrected chi connectivity index (χ2v) is 5.52. The predicted octanol–water partition coefficient (Wildman–Crippen LogP) is 2.22. The number of pyridine rings is 1. The number of ether oxygens (including phenoxy) is 1. The first kappa shape index (κ1) is 18.1. The third-order valence-corrected chi connectivity index (χ3v) is 3.45. The van der Waals surface area contributed by atoms with Crippen LogP contribution < -0.4 is 20.7 Å². The summed E-state index contributed by atoms with van der Waals surface area (Å²) in [6.07, 6.45) is 1.70. The number of aromatic nitrogens is 3. The van der Waals surface area contributed by atoms with Crippen LogP contribution in [-0.4, -0.2) is 40.8 Å². The fourth-order valence-corrected chi connectivity index (χ4v) is 2.17. The van der Waals surface area contributed by atoms with Crippen molar-refractivity contribution in [1.82, 2.24) is 20.5 Å². The van der Waals surface area contributed by atoms with Gasteiger partial charge in [-0.2, -0.15) is 0 Å². The summed E-state index contributed by atoms with van der Waals surface area (Å²) in [5, 5.41) is 17.1. The van der Waals surface area contributed by atoms with Gasteiger partial charge < -0.3 is 20.7 Å². The molecule has 0 aliphatic rings. The Morgan fingerprint density at radius 1 is 0.852 bits per heavy atom. The number of benzene rings is 1. The molecule has 3 rings (SSSR count). The van der Waals surface area contributed by atoms with E-state index in [4.69, 9.17) is 4.74 Å². The van der Waals surface area contributed by atoms with Gasteiger partial charge in [-0.05, 0) is 36.4 Å². The van der Waals surface area contributed by atoms with Crippen LogP contribution in [0.15, 0.2) is 66.9 Å². The average Bonchev–Trinajstić information content (AvgIpc) is 2.72. The lowest BCUT2D eigenvalue weighted by molar-refractivity contribution is -0.123. The highest BCUT2D eigenvalue weighted by atomic mass is 16.5. The van der Waals surface area contributed by atoms with Gasteiger partial charge in [-0.15, -0.1) is 10.2 Å². The molecule has 0 radical (unpaired) electrons. The quantitative estimate of drug-likeness (QED) is 0.501. The number of carbonyl (C=O) groups is 1. The largest absolute Gasteiger partial charge is 0.484 e. The van der Waals surface area contributed by atoms with Crippen molar-refractivity contribution >= 4 is 23.4 Å². The molecule has 3 aromatic rings. The van der Waals surface area contributed by atoms with Crippen LogP contribution in [-0.2, 0) is 4.79 Å². The molecule has 3 N–H and O–H groups in total. The fraction of sp³-hybridized carbons (Fsp3) is 0.158. The standard InChI is InChI=1S/C19H20N6O2/c26-19(14-27-15-6-2-1-3-7-15)22-13-12-21-17-9-10-18(25-24-17)23-16-8-4-5-11-20-16/h1-11H,12-14H2,(H,21,24)(H,22,26)(H,20,23,25). The summed E-state index contributed by atoms with van der Waals surface area (Å²) in [7, 11) is 0. The highest BCUT2D eigenvalue weighted by Crippen LogP contribution is 2.11. The van der Waals surface area contributed by atoms with Gasteiger partial charge in [0.2, 0.25) is 0 Å². The van der Waals surface area contributed by atoms with Gasteiger partial charge in [0, 0.05) is 19.3 Å². The number of hydrogen-bond donors (Lipinski definition) is 3. The highest BCUT2D eigenvalue weighted by Gasteiger charge is 2.02. The molecule has 8 heteroatoms. The zero-order valence-corrected chi connectivity index (χ0v) is 14.6. The number of amides is 1. The molecule has 1 aromatic carbocycles. The van der Waals surface area contributed by atoms with E-state index in [1.165, 1.54) is 0 Å². The maximum Gasteiger partial charge on any atom is 0.258 e. The molecule has 0 fully saturated rings. The summed E-state index contributed by atoms with van der Waals surface area (Å²) >= 11 is 0. The van der Waals surface area contributed by atoms with Crippen LogP contribution in [0.4, 0.5) is 17.5 Å². The van der Waals surface area contributed by atoms with Crippen LogP contribution in [0, 0.1) is 0 Å². The van der Waals surface area contributed by atoms with Crippen molar-refractivity contribution < 1.29 is 9.53 Å².